The molecule has 0 fully saturated rings. The second-order valence-electron chi connectivity index (χ2n) is 4.94. The van der Waals surface area contributed by atoms with Gasteiger partial charge in [-0.15, -0.1) is 0 Å². The molecule has 0 aromatic heterocycles. The number of ether oxygens (including phenoxy) is 3. The quantitative estimate of drug-likeness (QED) is 0.467. The molecule has 1 aliphatic heterocycles. The molecule has 0 atom stereocenters. The molecule has 24 heavy (non-hydrogen) atoms. The van der Waals surface area contributed by atoms with Gasteiger partial charge in [-0.2, -0.15) is 0 Å². The van der Waals surface area contributed by atoms with Crippen LogP contribution in [0, 0.1) is 10.1 Å². The summed E-state index contributed by atoms with van der Waals surface area (Å²) in [6.45, 7) is 0.652. The molecule has 8 heteroatoms. The summed E-state index contributed by atoms with van der Waals surface area (Å²) in [7, 11) is 0. The van der Waals surface area contributed by atoms with Crippen LogP contribution < -0.4 is 14.2 Å². The Morgan fingerprint density at radius 1 is 1.17 bits per heavy atom. The highest BCUT2D eigenvalue weighted by Crippen LogP contribution is 2.31. The lowest BCUT2D eigenvalue weighted by atomic mass is 10.1. The Balaban J connectivity index is 1.68. The number of nitrogens with zero attached hydrogens (tertiary/aromatic N) is 1. The van der Waals surface area contributed by atoms with Crippen LogP contribution in [0.4, 0.5) is 5.69 Å². The summed E-state index contributed by atoms with van der Waals surface area (Å²) in [5.41, 5.74) is 0.266. The lowest BCUT2D eigenvalue weighted by Gasteiger charge is -2.18. The van der Waals surface area contributed by atoms with Crippen molar-refractivity contribution in [3.8, 4) is 17.2 Å². The van der Waals surface area contributed by atoms with Gasteiger partial charge in [0.25, 0.3) is 5.69 Å². The summed E-state index contributed by atoms with van der Waals surface area (Å²) in [5, 5.41) is 10.7. The molecule has 0 bridgehead atoms. The Hall–Kier alpha value is -2.80. The van der Waals surface area contributed by atoms with Gasteiger partial charge < -0.3 is 14.2 Å². The summed E-state index contributed by atoms with van der Waals surface area (Å²) in [4.78, 5) is 22.3. The van der Waals surface area contributed by atoms with E-state index in [4.69, 9.17) is 25.8 Å². The van der Waals surface area contributed by atoms with Crippen LogP contribution in [0.3, 0.4) is 0 Å². The molecule has 7 nitrogen and oxygen atoms in total. The molecule has 1 aliphatic rings. The van der Waals surface area contributed by atoms with E-state index in [0.29, 0.717) is 30.3 Å². The fourth-order valence-electron chi connectivity index (χ4n) is 2.16. The standard InChI is InChI=1S/C16H12ClNO6/c17-12-8-11(18(20)21)2-4-14(12)24-9-13(19)10-1-3-15-16(7-10)23-6-5-22-15/h1-4,7-8H,5-6,9H2. The number of nitro groups is 1. The highest BCUT2D eigenvalue weighted by molar-refractivity contribution is 6.32. The van der Waals surface area contributed by atoms with Crippen LogP contribution in [0.5, 0.6) is 17.2 Å². The van der Waals surface area contributed by atoms with Crippen molar-refractivity contribution in [1.29, 1.82) is 0 Å². The monoisotopic (exact) mass is 349 g/mol. The molecule has 0 spiro atoms. The molecule has 0 aliphatic carbocycles. The van der Waals surface area contributed by atoms with E-state index in [1.807, 2.05) is 0 Å². The predicted octanol–water partition coefficient (Wildman–Crippen LogP) is 3.28. The molecule has 2 aromatic carbocycles. The minimum absolute atomic E-state index is 0.0687. The van der Waals surface area contributed by atoms with E-state index >= 15 is 0 Å². The molecule has 1 heterocycles. The van der Waals surface area contributed by atoms with E-state index < -0.39 is 4.92 Å². The van der Waals surface area contributed by atoms with Crippen molar-refractivity contribution in [3.63, 3.8) is 0 Å². The molecule has 3 rings (SSSR count). The molecular formula is C16H12ClNO6. The Morgan fingerprint density at radius 3 is 2.62 bits per heavy atom. The summed E-state index contributed by atoms with van der Waals surface area (Å²) >= 11 is 5.92. The van der Waals surface area contributed by atoms with E-state index in [0.717, 1.165) is 0 Å². The Labute approximate surface area is 141 Å². The summed E-state index contributed by atoms with van der Waals surface area (Å²) in [6.07, 6.45) is 0. The van der Waals surface area contributed by atoms with Crippen molar-refractivity contribution in [2.24, 2.45) is 0 Å². The number of ketones is 1. The van der Waals surface area contributed by atoms with Crippen LogP contribution >= 0.6 is 11.6 Å². The topological polar surface area (TPSA) is 87.9 Å². The lowest BCUT2D eigenvalue weighted by molar-refractivity contribution is -0.384. The molecule has 124 valence electrons. The summed E-state index contributed by atoms with van der Waals surface area (Å²) in [6, 6.07) is 8.67. The first-order valence-corrected chi connectivity index (χ1v) is 7.42. The number of nitro benzene ring substituents is 1. The first-order chi connectivity index (χ1) is 11.5. The van der Waals surface area contributed by atoms with Gasteiger partial charge in [-0.25, -0.2) is 0 Å². The predicted molar refractivity (Wildman–Crippen MR) is 85.4 cm³/mol. The first kappa shape index (κ1) is 16.1. The van der Waals surface area contributed by atoms with Crippen LogP contribution in [0.15, 0.2) is 36.4 Å². The fraction of sp³-hybridized carbons (Fsp3) is 0.188. The van der Waals surface area contributed by atoms with Crippen molar-refractivity contribution < 1.29 is 23.9 Å². The molecule has 0 amide bonds. The second kappa shape index (κ2) is 6.76. The number of carbonyl (C=O) groups excluding carboxylic acids is 1. The summed E-state index contributed by atoms with van der Waals surface area (Å²) < 4.78 is 16.2. The number of benzene rings is 2. The van der Waals surface area contributed by atoms with E-state index in [1.54, 1.807) is 18.2 Å². The van der Waals surface area contributed by atoms with Gasteiger partial charge >= 0.3 is 0 Å². The van der Waals surface area contributed by atoms with E-state index in [-0.39, 0.29) is 28.8 Å². The number of Topliss-reactive ketones (excluding diaryl/α,β-unsaturated/α-hetero) is 1. The fourth-order valence-corrected chi connectivity index (χ4v) is 2.39. The third-order valence-electron chi connectivity index (χ3n) is 3.35. The van der Waals surface area contributed by atoms with Gasteiger partial charge in [0.1, 0.15) is 19.0 Å². The maximum absolute atomic E-state index is 12.2. The second-order valence-corrected chi connectivity index (χ2v) is 5.35. The molecule has 0 saturated heterocycles. The lowest BCUT2D eigenvalue weighted by Crippen LogP contribution is -2.17. The highest BCUT2D eigenvalue weighted by Gasteiger charge is 2.16. The zero-order chi connectivity index (χ0) is 17.1. The van der Waals surface area contributed by atoms with Gasteiger partial charge in [-0.05, 0) is 24.3 Å². The molecule has 0 saturated carbocycles. The van der Waals surface area contributed by atoms with E-state index in [2.05, 4.69) is 0 Å². The average Bonchev–Trinajstić information content (AvgIpc) is 2.59. The third kappa shape index (κ3) is 3.41. The van der Waals surface area contributed by atoms with Crippen molar-refractivity contribution in [3.05, 3.63) is 57.1 Å². The number of rotatable bonds is 5. The number of non-ortho nitro benzene ring substituents is 1. The Morgan fingerprint density at radius 2 is 1.92 bits per heavy atom. The minimum atomic E-state index is -0.560. The highest BCUT2D eigenvalue weighted by atomic mass is 35.5. The average molecular weight is 350 g/mol. The molecular weight excluding hydrogens is 338 g/mol. The van der Waals surface area contributed by atoms with Gasteiger partial charge in [-0.1, -0.05) is 11.6 Å². The molecule has 0 N–H and O–H groups in total. The number of halogens is 1. The number of carbonyl (C=O) groups is 1. The van der Waals surface area contributed by atoms with Gasteiger partial charge in [0.05, 0.1) is 9.95 Å². The van der Waals surface area contributed by atoms with E-state index in [9.17, 15) is 14.9 Å². The SMILES string of the molecule is O=C(COc1ccc([N+](=O)[O-])cc1Cl)c1ccc2c(c1)OCCO2. The van der Waals surface area contributed by atoms with Crippen LogP contribution in [-0.4, -0.2) is 30.5 Å². The minimum Gasteiger partial charge on any atom is -0.486 e. The van der Waals surface area contributed by atoms with Gasteiger partial charge in [-0.3, -0.25) is 14.9 Å². The maximum Gasteiger partial charge on any atom is 0.271 e. The Kier molecular flexibility index (Phi) is 4.52. The van der Waals surface area contributed by atoms with E-state index in [1.165, 1.54) is 18.2 Å². The van der Waals surface area contributed by atoms with Gasteiger partial charge in [0.2, 0.25) is 0 Å². The molecule has 0 radical (unpaired) electrons. The number of hydrogen-bond donors (Lipinski definition) is 0. The summed E-state index contributed by atoms with van der Waals surface area (Å²) in [5.74, 6) is 1.03. The van der Waals surface area contributed by atoms with Crippen molar-refractivity contribution in [1.82, 2.24) is 0 Å². The van der Waals surface area contributed by atoms with Crippen molar-refractivity contribution in [2.45, 2.75) is 0 Å². The van der Waals surface area contributed by atoms with Crippen molar-refractivity contribution in [2.75, 3.05) is 19.8 Å². The van der Waals surface area contributed by atoms with Crippen LogP contribution in [0.1, 0.15) is 10.4 Å². The van der Waals surface area contributed by atoms with Crippen molar-refractivity contribution >= 4 is 23.1 Å². The van der Waals surface area contributed by atoms with Crippen LogP contribution in [0.25, 0.3) is 0 Å². The normalized spacial score (nSPS) is 12.5. The molecule has 0 unspecified atom stereocenters. The Bertz CT molecular complexity index is 807. The zero-order valence-corrected chi connectivity index (χ0v) is 13.1. The largest absolute Gasteiger partial charge is 0.486 e. The van der Waals surface area contributed by atoms with Gasteiger partial charge in [0.15, 0.2) is 23.9 Å². The third-order valence-corrected chi connectivity index (χ3v) is 3.64. The maximum atomic E-state index is 12.2. The first-order valence-electron chi connectivity index (χ1n) is 7.04. The number of hydrogen-bond acceptors (Lipinski definition) is 6. The smallest absolute Gasteiger partial charge is 0.271 e. The zero-order valence-electron chi connectivity index (χ0n) is 12.4. The van der Waals surface area contributed by atoms with Crippen LogP contribution in [0.2, 0.25) is 5.02 Å². The number of fused-ring (bicyclic) bond motifs is 1. The molecule has 2 aromatic rings. The van der Waals surface area contributed by atoms with Gasteiger partial charge in [0, 0.05) is 17.7 Å². The van der Waals surface area contributed by atoms with Crippen LogP contribution in [-0.2, 0) is 0 Å².